The molecule has 4 nitrogen and oxygen atoms in total. The Hall–Kier alpha value is -2.07. The molecule has 0 amide bonds. The van der Waals surface area contributed by atoms with Crippen LogP contribution in [0.5, 0.6) is 11.6 Å². The number of methoxy groups -OCH3 is 1. The molecular formula is C15H16N2O2. The van der Waals surface area contributed by atoms with Crippen LogP contribution >= 0.6 is 0 Å². The van der Waals surface area contributed by atoms with Crippen LogP contribution in [0.25, 0.3) is 11.3 Å². The van der Waals surface area contributed by atoms with Crippen LogP contribution in [-0.2, 0) is 6.42 Å². The van der Waals surface area contributed by atoms with Crippen LogP contribution in [0.3, 0.4) is 0 Å². The summed E-state index contributed by atoms with van der Waals surface area (Å²) in [5, 5.41) is 0. The van der Waals surface area contributed by atoms with Gasteiger partial charge in [-0.1, -0.05) is 18.2 Å². The van der Waals surface area contributed by atoms with Gasteiger partial charge in [0.1, 0.15) is 11.9 Å². The van der Waals surface area contributed by atoms with Gasteiger partial charge in [0, 0.05) is 24.6 Å². The zero-order valence-electron chi connectivity index (χ0n) is 10.8. The van der Waals surface area contributed by atoms with Crippen LogP contribution < -0.4 is 15.2 Å². The molecular weight excluding hydrogens is 240 g/mol. The molecule has 0 bridgehead atoms. The van der Waals surface area contributed by atoms with E-state index in [-0.39, 0.29) is 6.10 Å². The molecule has 0 fully saturated rings. The second-order valence-electron chi connectivity index (χ2n) is 4.54. The van der Waals surface area contributed by atoms with E-state index in [1.165, 1.54) is 5.56 Å². The van der Waals surface area contributed by atoms with Crippen molar-refractivity contribution in [2.45, 2.75) is 12.5 Å². The van der Waals surface area contributed by atoms with Crippen LogP contribution in [0.4, 0.5) is 0 Å². The van der Waals surface area contributed by atoms with Gasteiger partial charge in [-0.3, -0.25) is 0 Å². The normalized spacial score (nSPS) is 16.8. The molecule has 0 saturated heterocycles. The first-order valence-corrected chi connectivity index (χ1v) is 6.32. The lowest BCUT2D eigenvalue weighted by molar-refractivity contribution is 0.242. The van der Waals surface area contributed by atoms with E-state index in [9.17, 15) is 0 Å². The van der Waals surface area contributed by atoms with Gasteiger partial charge in [-0.05, 0) is 17.7 Å². The maximum atomic E-state index is 5.91. The Kier molecular flexibility index (Phi) is 3.09. The minimum absolute atomic E-state index is 0.0711. The third-order valence-electron chi connectivity index (χ3n) is 3.30. The lowest BCUT2D eigenvalue weighted by atomic mass is 10.0. The highest BCUT2D eigenvalue weighted by Gasteiger charge is 2.24. The molecule has 1 atom stereocenters. The second-order valence-corrected chi connectivity index (χ2v) is 4.54. The molecule has 2 aromatic rings. The Morgan fingerprint density at radius 1 is 1.32 bits per heavy atom. The number of aromatic nitrogens is 1. The summed E-state index contributed by atoms with van der Waals surface area (Å²) < 4.78 is 11.1. The van der Waals surface area contributed by atoms with Crippen molar-refractivity contribution in [1.82, 2.24) is 4.98 Å². The zero-order chi connectivity index (χ0) is 13.2. The lowest BCUT2D eigenvalue weighted by Crippen LogP contribution is -2.24. The quantitative estimate of drug-likeness (QED) is 0.912. The molecule has 4 heteroatoms. The van der Waals surface area contributed by atoms with Crippen LogP contribution in [-0.4, -0.2) is 24.7 Å². The summed E-state index contributed by atoms with van der Waals surface area (Å²) in [5.74, 6) is 1.50. The summed E-state index contributed by atoms with van der Waals surface area (Å²) in [6.45, 7) is 0.527. The summed E-state index contributed by atoms with van der Waals surface area (Å²) in [6, 6.07) is 11.8. The molecule has 0 radical (unpaired) electrons. The third-order valence-corrected chi connectivity index (χ3v) is 3.30. The van der Waals surface area contributed by atoms with Crippen molar-refractivity contribution >= 4 is 0 Å². The molecule has 3 rings (SSSR count). The van der Waals surface area contributed by atoms with Gasteiger partial charge in [0.25, 0.3) is 0 Å². The number of fused-ring (bicyclic) bond motifs is 1. The molecule has 2 N–H and O–H groups in total. The number of benzene rings is 1. The first-order chi connectivity index (χ1) is 9.31. The summed E-state index contributed by atoms with van der Waals surface area (Å²) in [4.78, 5) is 4.46. The van der Waals surface area contributed by atoms with E-state index in [0.29, 0.717) is 12.4 Å². The fraction of sp³-hybridized carbons (Fsp3) is 0.267. The number of hydrogen-bond donors (Lipinski definition) is 1. The number of rotatable bonds is 3. The standard InChI is InChI=1S/C15H16N2O2/c1-18-14-7-3-6-13(17-14)12-5-2-4-10-8-11(9-16)19-15(10)12/h2-7,11H,8-9,16H2,1H3/t11-/m1/s1. The molecule has 1 aromatic heterocycles. The molecule has 1 aromatic carbocycles. The first-order valence-electron chi connectivity index (χ1n) is 6.32. The average molecular weight is 256 g/mol. The molecule has 0 unspecified atom stereocenters. The SMILES string of the molecule is COc1cccc(-c2cccc3c2O[C@@H](CN)C3)n1. The van der Waals surface area contributed by atoms with Gasteiger partial charge in [0.05, 0.1) is 12.8 Å². The van der Waals surface area contributed by atoms with Crippen molar-refractivity contribution in [2.24, 2.45) is 5.73 Å². The first kappa shape index (κ1) is 12.0. The smallest absolute Gasteiger partial charge is 0.213 e. The lowest BCUT2D eigenvalue weighted by Gasteiger charge is -2.10. The maximum absolute atomic E-state index is 5.91. The summed E-state index contributed by atoms with van der Waals surface area (Å²) in [5.41, 5.74) is 8.73. The number of pyridine rings is 1. The molecule has 0 spiro atoms. The van der Waals surface area contributed by atoms with E-state index in [1.54, 1.807) is 7.11 Å². The van der Waals surface area contributed by atoms with Crippen LogP contribution in [0, 0.1) is 0 Å². The van der Waals surface area contributed by atoms with Crippen molar-refractivity contribution in [2.75, 3.05) is 13.7 Å². The zero-order valence-corrected chi connectivity index (χ0v) is 10.8. The molecule has 0 aliphatic carbocycles. The highest BCUT2D eigenvalue weighted by molar-refractivity contribution is 5.70. The highest BCUT2D eigenvalue weighted by Crippen LogP contribution is 2.38. The van der Waals surface area contributed by atoms with Gasteiger partial charge in [-0.15, -0.1) is 0 Å². The fourth-order valence-corrected chi connectivity index (χ4v) is 2.35. The number of hydrogen-bond acceptors (Lipinski definition) is 4. The number of para-hydroxylation sites is 1. The average Bonchev–Trinajstić information content (AvgIpc) is 2.90. The minimum Gasteiger partial charge on any atom is -0.488 e. The number of nitrogens with two attached hydrogens (primary N) is 1. The monoisotopic (exact) mass is 256 g/mol. The van der Waals surface area contributed by atoms with Gasteiger partial charge < -0.3 is 15.2 Å². The molecule has 19 heavy (non-hydrogen) atoms. The van der Waals surface area contributed by atoms with E-state index in [2.05, 4.69) is 11.1 Å². The van der Waals surface area contributed by atoms with Gasteiger partial charge in [-0.25, -0.2) is 4.98 Å². The van der Waals surface area contributed by atoms with E-state index in [0.717, 1.165) is 23.4 Å². The highest BCUT2D eigenvalue weighted by atomic mass is 16.5. The number of nitrogens with zero attached hydrogens (tertiary/aromatic N) is 1. The van der Waals surface area contributed by atoms with E-state index < -0.39 is 0 Å². The van der Waals surface area contributed by atoms with Gasteiger partial charge in [-0.2, -0.15) is 0 Å². The Morgan fingerprint density at radius 2 is 2.16 bits per heavy atom. The predicted octanol–water partition coefficient (Wildman–Crippen LogP) is 2.02. The summed E-state index contributed by atoms with van der Waals surface area (Å²) >= 11 is 0. The molecule has 98 valence electrons. The molecule has 1 aliphatic rings. The van der Waals surface area contributed by atoms with Crippen molar-refractivity contribution < 1.29 is 9.47 Å². The fourth-order valence-electron chi connectivity index (χ4n) is 2.35. The van der Waals surface area contributed by atoms with E-state index >= 15 is 0 Å². The predicted molar refractivity (Wildman–Crippen MR) is 73.4 cm³/mol. The third kappa shape index (κ3) is 2.15. The Balaban J connectivity index is 2.05. The minimum atomic E-state index is 0.0711. The summed E-state index contributed by atoms with van der Waals surface area (Å²) in [7, 11) is 1.61. The molecule has 0 saturated carbocycles. The van der Waals surface area contributed by atoms with Crippen molar-refractivity contribution in [3.8, 4) is 22.9 Å². The maximum Gasteiger partial charge on any atom is 0.213 e. The Bertz CT molecular complexity index is 598. The van der Waals surface area contributed by atoms with E-state index in [1.807, 2.05) is 30.3 Å². The second kappa shape index (κ2) is 4.90. The number of ether oxygens (including phenoxy) is 2. The largest absolute Gasteiger partial charge is 0.488 e. The van der Waals surface area contributed by atoms with Crippen LogP contribution in [0.15, 0.2) is 36.4 Å². The van der Waals surface area contributed by atoms with Gasteiger partial charge >= 0.3 is 0 Å². The van der Waals surface area contributed by atoms with Gasteiger partial charge in [0.15, 0.2) is 0 Å². The Labute approximate surface area is 112 Å². The van der Waals surface area contributed by atoms with Crippen LogP contribution in [0.2, 0.25) is 0 Å². The topological polar surface area (TPSA) is 57.4 Å². The van der Waals surface area contributed by atoms with Crippen molar-refractivity contribution in [3.05, 3.63) is 42.0 Å². The Morgan fingerprint density at radius 3 is 2.95 bits per heavy atom. The molecule has 1 aliphatic heterocycles. The van der Waals surface area contributed by atoms with Gasteiger partial charge in [0.2, 0.25) is 5.88 Å². The molecule has 2 heterocycles. The van der Waals surface area contributed by atoms with Crippen LogP contribution in [0.1, 0.15) is 5.56 Å². The summed E-state index contributed by atoms with van der Waals surface area (Å²) in [6.07, 6.45) is 0.936. The van der Waals surface area contributed by atoms with Crippen molar-refractivity contribution in [1.29, 1.82) is 0 Å². The van der Waals surface area contributed by atoms with Crippen molar-refractivity contribution in [3.63, 3.8) is 0 Å². The van der Waals surface area contributed by atoms with E-state index in [4.69, 9.17) is 15.2 Å².